The lowest BCUT2D eigenvalue weighted by atomic mass is 10.1. The first kappa shape index (κ1) is 21.1. The first-order valence-corrected chi connectivity index (χ1v) is 10.8. The summed E-state index contributed by atoms with van der Waals surface area (Å²) in [5.74, 6) is 0.932. The Hall–Kier alpha value is -3.12. The normalized spacial score (nSPS) is 15.7. The van der Waals surface area contributed by atoms with Crippen molar-refractivity contribution in [2.75, 3.05) is 20.3 Å². The maximum atomic E-state index is 13.2. The van der Waals surface area contributed by atoms with Gasteiger partial charge in [-0.25, -0.2) is 4.68 Å². The van der Waals surface area contributed by atoms with Crippen LogP contribution < -0.4 is 4.74 Å². The zero-order valence-corrected chi connectivity index (χ0v) is 17.9. The van der Waals surface area contributed by atoms with Crippen molar-refractivity contribution in [2.24, 2.45) is 0 Å². The molecule has 1 aromatic heterocycles. The topological polar surface area (TPSA) is 56.6 Å². The second kappa shape index (κ2) is 10.3. The molecule has 31 heavy (non-hydrogen) atoms. The highest BCUT2D eigenvalue weighted by atomic mass is 16.5. The highest BCUT2D eigenvalue weighted by Gasteiger charge is 2.23. The van der Waals surface area contributed by atoms with Crippen LogP contribution in [0.5, 0.6) is 5.75 Å². The van der Waals surface area contributed by atoms with Crippen molar-refractivity contribution >= 4 is 5.91 Å². The number of nitrogens with zero attached hydrogens (tertiary/aromatic N) is 3. The van der Waals surface area contributed by atoms with Crippen LogP contribution in [0.1, 0.15) is 30.4 Å². The molecule has 0 spiro atoms. The number of aromatic nitrogens is 2. The molecular weight excluding hydrogens is 390 g/mol. The van der Waals surface area contributed by atoms with Crippen molar-refractivity contribution in [1.82, 2.24) is 14.7 Å². The van der Waals surface area contributed by atoms with E-state index in [4.69, 9.17) is 9.47 Å². The molecule has 3 aromatic rings. The third-order valence-electron chi connectivity index (χ3n) is 5.59. The zero-order valence-electron chi connectivity index (χ0n) is 17.9. The number of benzene rings is 2. The second-order valence-corrected chi connectivity index (χ2v) is 7.89. The number of rotatable bonds is 9. The summed E-state index contributed by atoms with van der Waals surface area (Å²) in [4.78, 5) is 15.1. The number of carbonyl (C=O) groups is 1. The molecule has 1 aliphatic heterocycles. The van der Waals surface area contributed by atoms with Gasteiger partial charge in [-0.15, -0.1) is 0 Å². The van der Waals surface area contributed by atoms with E-state index in [0.29, 0.717) is 25.9 Å². The van der Waals surface area contributed by atoms with Crippen LogP contribution in [0.2, 0.25) is 0 Å². The molecule has 0 radical (unpaired) electrons. The summed E-state index contributed by atoms with van der Waals surface area (Å²) in [5.41, 5.74) is 3.12. The van der Waals surface area contributed by atoms with Gasteiger partial charge in [-0.3, -0.25) is 4.79 Å². The van der Waals surface area contributed by atoms with Crippen molar-refractivity contribution in [3.8, 4) is 11.4 Å². The summed E-state index contributed by atoms with van der Waals surface area (Å²) >= 11 is 0. The fourth-order valence-corrected chi connectivity index (χ4v) is 3.90. The third kappa shape index (κ3) is 5.73. The maximum Gasteiger partial charge on any atom is 0.223 e. The molecule has 2 aromatic carbocycles. The summed E-state index contributed by atoms with van der Waals surface area (Å²) in [7, 11) is 1.66. The number of hydrogen-bond acceptors (Lipinski definition) is 4. The third-order valence-corrected chi connectivity index (χ3v) is 5.59. The quantitative estimate of drug-likeness (QED) is 0.526. The first-order chi connectivity index (χ1) is 15.2. The predicted molar refractivity (Wildman–Crippen MR) is 119 cm³/mol. The van der Waals surface area contributed by atoms with E-state index >= 15 is 0 Å². The minimum Gasteiger partial charge on any atom is -0.497 e. The van der Waals surface area contributed by atoms with Gasteiger partial charge < -0.3 is 14.4 Å². The average Bonchev–Trinajstić information content (AvgIpc) is 3.50. The summed E-state index contributed by atoms with van der Waals surface area (Å²) < 4.78 is 13.0. The molecule has 0 bridgehead atoms. The summed E-state index contributed by atoms with van der Waals surface area (Å²) in [6.45, 7) is 1.96. The van der Waals surface area contributed by atoms with E-state index in [9.17, 15) is 4.79 Å². The van der Waals surface area contributed by atoms with E-state index in [-0.39, 0.29) is 12.0 Å². The number of ether oxygens (including phenoxy) is 2. The van der Waals surface area contributed by atoms with Gasteiger partial charge in [0.15, 0.2) is 0 Å². The van der Waals surface area contributed by atoms with E-state index in [1.165, 1.54) is 0 Å². The van der Waals surface area contributed by atoms with Crippen LogP contribution in [0.4, 0.5) is 0 Å². The molecule has 6 nitrogen and oxygen atoms in total. The Morgan fingerprint density at radius 3 is 2.84 bits per heavy atom. The lowest BCUT2D eigenvalue weighted by Crippen LogP contribution is -2.37. The molecule has 1 aliphatic rings. The zero-order chi connectivity index (χ0) is 21.5. The summed E-state index contributed by atoms with van der Waals surface area (Å²) in [6, 6.07) is 17.9. The first-order valence-electron chi connectivity index (χ1n) is 10.8. The van der Waals surface area contributed by atoms with Crippen molar-refractivity contribution in [1.29, 1.82) is 0 Å². The van der Waals surface area contributed by atoms with Crippen LogP contribution in [0.3, 0.4) is 0 Å². The molecule has 162 valence electrons. The molecule has 0 saturated carbocycles. The van der Waals surface area contributed by atoms with E-state index in [1.807, 2.05) is 76.6 Å². The maximum absolute atomic E-state index is 13.2. The lowest BCUT2D eigenvalue weighted by Gasteiger charge is -2.26. The van der Waals surface area contributed by atoms with Gasteiger partial charge in [0.2, 0.25) is 5.91 Å². The van der Waals surface area contributed by atoms with Gasteiger partial charge in [0.05, 0.1) is 25.1 Å². The van der Waals surface area contributed by atoms with Crippen LogP contribution in [0.25, 0.3) is 5.69 Å². The Kier molecular flexibility index (Phi) is 6.99. The van der Waals surface area contributed by atoms with Gasteiger partial charge >= 0.3 is 0 Å². The van der Waals surface area contributed by atoms with Crippen molar-refractivity contribution < 1.29 is 14.3 Å². The fraction of sp³-hybridized carbons (Fsp3) is 0.360. The number of amides is 1. The fourth-order valence-electron chi connectivity index (χ4n) is 3.90. The molecule has 1 unspecified atom stereocenters. The highest BCUT2D eigenvalue weighted by molar-refractivity contribution is 5.76. The Morgan fingerprint density at radius 2 is 2.06 bits per heavy atom. The van der Waals surface area contributed by atoms with Gasteiger partial charge in [0.1, 0.15) is 5.75 Å². The van der Waals surface area contributed by atoms with Gasteiger partial charge in [0.25, 0.3) is 0 Å². The Bertz CT molecular complexity index is 980. The molecule has 1 amide bonds. The van der Waals surface area contributed by atoms with Crippen LogP contribution in [0, 0.1) is 0 Å². The van der Waals surface area contributed by atoms with Crippen molar-refractivity contribution in [2.45, 2.75) is 38.3 Å². The van der Waals surface area contributed by atoms with Crippen LogP contribution >= 0.6 is 0 Å². The minimum absolute atomic E-state index is 0.121. The Balaban J connectivity index is 1.41. The molecule has 0 aliphatic carbocycles. The number of carbonyl (C=O) groups excluding carboxylic acids is 1. The lowest BCUT2D eigenvalue weighted by molar-refractivity contribution is -0.133. The van der Waals surface area contributed by atoms with E-state index in [1.54, 1.807) is 7.11 Å². The summed E-state index contributed by atoms with van der Waals surface area (Å²) in [6.07, 6.45) is 7.12. The number of para-hydroxylation sites is 1. The molecule has 1 atom stereocenters. The second-order valence-electron chi connectivity index (χ2n) is 7.89. The SMILES string of the molecule is COc1cccc(CN(CC2CCCO2)C(=O)CCc2cnn(-c3ccccc3)c2)c1. The Labute approximate surface area is 183 Å². The molecule has 4 rings (SSSR count). The van der Waals surface area contributed by atoms with E-state index in [2.05, 4.69) is 5.10 Å². The van der Waals surface area contributed by atoms with Crippen molar-refractivity contribution in [3.63, 3.8) is 0 Å². The van der Waals surface area contributed by atoms with Crippen LogP contribution in [-0.2, 0) is 22.5 Å². The standard InChI is InChI=1S/C25H29N3O3/c1-30-23-10-5-7-20(15-23)17-27(19-24-11-6-14-31-24)25(29)13-12-21-16-26-28(18-21)22-8-3-2-4-9-22/h2-5,7-10,15-16,18,24H,6,11-14,17,19H2,1H3. The number of methoxy groups -OCH3 is 1. The van der Waals surface area contributed by atoms with Gasteiger partial charge in [-0.1, -0.05) is 30.3 Å². The molecule has 6 heteroatoms. The molecule has 1 fully saturated rings. The number of aryl methyl sites for hydroxylation is 1. The average molecular weight is 420 g/mol. The largest absolute Gasteiger partial charge is 0.497 e. The van der Waals surface area contributed by atoms with Gasteiger partial charge in [-0.2, -0.15) is 5.10 Å². The van der Waals surface area contributed by atoms with Crippen LogP contribution in [0.15, 0.2) is 67.0 Å². The van der Waals surface area contributed by atoms with Crippen molar-refractivity contribution in [3.05, 3.63) is 78.1 Å². The minimum atomic E-state index is 0.121. The number of hydrogen-bond donors (Lipinski definition) is 0. The molecule has 1 saturated heterocycles. The molecule has 2 heterocycles. The molecular formula is C25H29N3O3. The van der Waals surface area contributed by atoms with E-state index < -0.39 is 0 Å². The smallest absolute Gasteiger partial charge is 0.223 e. The van der Waals surface area contributed by atoms with E-state index in [0.717, 1.165) is 42.0 Å². The molecule has 0 N–H and O–H groups in total. The van der Waals surface area contributed by atoms with Crippen LogP contribution in [-0.4, -0.2) is 47.0 Å². The Morgan fingerprint density at radius 1 is 1.19 bits per heavy atom. The van der Waals surface area contributed by atoms with Gasteiger partial charge in [-0.05, 0) is 54.7 Å². The summed E-state index contributed by atoms with van der Waals surface area (Å²) in [5, 5.41) is 4.44. The highest BCUT2D eigenvalue weighted by Crippen LogP contribution is 2.19. The van der Waals surface area contributed by atoms with Gasteiger partial charge in [0, 0.05) is 32.3 Å². The monoisotopic (exact) mass is 419 g/mol. The predicted octanol–water partition coefficient (Wildman–Crippen LogP) is 4.02.